The fourth-order valence-electron chi connectivity index (χ4n) is 2.90. The molecule has 1 amide bonds. The predicted molar refractivity (Wildman–Crippen MR) is 89.3 cm³/mol. The molecule has 0 spiro atoms. The molecule has 2 rings (SSSR count). The van der Waals surface area contributed by atoms with Gasteiger partial charge in [0.2, 0.25) is 0 Å². The molecule has 4 nitrogen and oxygen atoms in total. The molecule has 0 aromatic heterocycles. The highest BCUT2D eigenvalue weighted by molar-refractivity contribution is 6.30. The summed E-state index contributed by atoms with van der Waals surface area (Å²) in [5, 5.41) is 3.86. The SMILES string of the molecule is CC[C@H](C)NC(=O)C[NH+]1CC[NH+](Cc2cccc(Cl)c2)CC1. The van der Waals surface area contributed by atoms with Gasteiger partial charge in [-0.3, -0.25) is 4.79 Å². The van der Waals surface area contributed by atoms with Gasteiger partial charge in [0.1, 0.15) is 32.7 Å². The van der Waals surface area contributed by atoms with E-state index in [-0.39, 0.29) is 11.9 Å². The zero-order chi connectivity index (χ0) is 15.9. The van der Waals surface area contributed by atoms with Crippen LogP contribution in [0.5, 0.6) is 0 Å². The monoisotopic (exact) mass is 325 g/mol. The number of carbonyl (C=O) groups is 1. The van der Waals surface area contributed by atoms with Crippen molar-refractivity contribution >= 4 is 17.5 Å². The molecule has 0 unspecified atom stereocenters. The van der Waals surface area contributed by atoms with Gasteiger partial charge in [0, 0.05) is 16.6 Å². The van der Waals surface area contributed by atoms with Crippen molar-refractivity contribution in [2.75, 3.05) is 32.7 Å². The van der Waals surface area contributed by atoms with Crippen molar-refractivity contribution in [1.29, 1.82) is 0 Å². The predicted octanol–water partition coefficient (Wildman–Crippen LogP) is -0.462. The molecule has 5 heteroatoms. The summed E-state index contributed by atoms with van der Waals surface area (Å²) in [6, 6.07) is 8.39. The third-order valence-corrected chi connectivity index (χ3v) is 4.67. The maximum atomic E-state index is 11.9. The third-order valence-electron chi connectivity index (χ3n) is 4.44. The lowest BCUT2D eigenvalue weighted by Gasteiger charge is -2.29. The Balaban J connectivity index is 1.72. The standard InChI is InChI=1S/C17H26ClN3O/c1-3-14(2)19-17(22)13-21-9-7-20(8-10-21)12-15-5-4-6-16(18)11-15/h4-6,11,14H,3,7-10,12-13H2,1-2H3,(H,19,22)/p+2/t14-/m0/s1. The molecule has 1 atom stereocenters. The normalized spacial score (nSPS) is 23.0. The van der Waals surface area contributed by atoms with Gasteiger partial charge in [0.25, 0.3) is 5.91 Å². The second-order valence-corrected chi connectivity index (χ2v) is 6.80. The van der Waals surface area contributed by atoms with Crippen LogP contribution < -0.4 is 15.1 Å². The summed E-state index contributed by atoms with van der Waals surface area (Å²) in [6.45, 7) is 10.1. The molecule has 1 heterocycles. The van der Waals surface area contributed by atoms with Crippen molar-refractivity contribution < 1.29 is 14.6 Å². The highest BCUT2D eigenvalue weighted by Gasteiger charge is 2.25. The number of halogens is 1. The molecular weight excluding hydrogens is 298 g/mol. The van der Waals surface area contributed by atoms with E-state index in [0.29, 0.717) is 6.54 Å². The molecule has 0 bridgehead atoms. The van der Waals surface area contributed by atoms with Crippen LogP contribution in [-0.2, 0) is 11.3 Å². The Kier molecular flexibility index (Phi) is 6.68. The summed E-state index contributed by atoms with van der Waals surface area (Å²) < 4.78 is 0. The second-order valence-electron chi connectivity index (χ2n) is 6.36. The highest BCUT2D eigenvalue weighted by atomic mass is 35.5. The van der Waals surface area contributed by atoms with Crippen molar-refractivity contribution in [3.63, 3.8) is 0 Å². The number of rotatable bonds is 6. The van der Waals surface area contributed by atoms with Gasteiger partial charge in [0.15, 0.2) is 6.54 Å². The van der Waals surface area contributed by atoms with Crippen LogP contribution in [0.1, 0.15) is 25.8 Å². The van der Waals surface area contributed by atoms with Crippen LogP contribution in [0.2, 0.25) is 5.02 Å². The molecule has 0 saturated carbocycles. The van der Waals surface area contributed by atoms with Crippen LogP contribution in [0.3, 0.4) is 0 Å². The first-order valence-electron chi connectivity index (χ1n) is 8.27. The van der Waals surface area contributed by atoms with Crippen molar-refractivity contribution in [2.45, 2.75) is 32.9 Å². The molecule has 1 fully saturated rings. The largest absolute Gasteiger partial charge is 0.349 e. The van der Waals surface area contributed by atoms with E-state index in [1.165, 1.54) is 10.5 Å². The van der Waals surface area contributed by atoms with Gasteiger partial charge in [-0.15, -0.1) is 0 Å². The number of hydrogen-bond acceptors (Lipinski definition) is 1. The molecule has 1 saturated heterocycles. The number of nitrogens with one attached hydrogen (secondary N) is 3. The molecule has 3 N–H and O–H groups in total. The molecule has 0 aliphatic carbocycles. The summed E-state index contributed by atoms with van der Waals surface area (Å²) in [6.07, 6.45) is 0.985. The average molecular weight is 326 g/mol. The fourth-order valence-corrected chi connectivity index (χ4v) is 3.11. The van der Waals surface area contributed by atoms with E-state index in [9.17, 15) is 4.79 Å². The topological polar surface area (TPSA) is 38.0 Å². The van der Waals surface area contributed by atoms with E-state index in [1.54, 1.807) is 4.90 Å². The average Bonchev–Trinajstić information content (AvgIpc) is 2.49. The Morgan fingerprint density at radius 3 is 2.59 bits per heavy atom. The smallest absolute Gasteiger partial charge is 0.275 e. The number of piperazine rings is 1. The molecule has 22 heavy (non-hydrogen) atoms. The minimum Gasteiger partial charge on any atom is -0.349 e. The molecule has 122 valence electrons. The summed E-state index contributed by atoms with van der Waals surface area (Å²) in [5.74, 6) is 0.183. The van der Waals surface area contributed by atoms with E-state index < -0.39 is 0 Å². The Hall–Kier alpha value is -1.10. The van der Waals surface area contributed by atoms with Gasteiger partial charge in [-0.05, 0) is 25.5 Å². The third kappa shape index (κ3) is 5.59. The Labute approximate surface area is 138 Å². The van der Waals surface area contributed by atoms with E-state index in [2.05, 4.69) is 25.2 Å². The first kappa shape index (κ1) is 17.3. The number of benzene rings is 1. The lowest BCUT2D eigenvalue weighted by molar-refractivity contribution is -1.02. The molecule has 1 aromatic rings. The van der Waals surface area contributed by atoms with E-state index in [0.717, 1.165) is 44.2 Å². The van der Waals surface area contributed by atoms with Gasteiger partial charge in [-0.25, -0.2) is 0 Å². The molecule has 1 aliphatic heterocycles. The minimum atomic E-state index is 0.183. The molecule has 0 radical (unpaired) electrons. The van der Waals surface area contributed by atoms with Gasteiger partial charge >= 0.3 is 0 Å². The number of hydrogen-bond donors (Lipinski definition) is 3. The minimum absolute atomic E-state index is 0.183. The van der Waals surface area contributed by atoms with Gasteiger partial charge in [-0.2, -0.15) is 0 Å². The van der Waals surface area contributed by atoms with Crippen LogP contribution in [0.15, 0.2) is 24.3 Å². The summed E-state index contributed by atoms with van der Waals surface area (Å²) in [5.41, 5.74) is 1.29. The quantitative estimate of drug-likeness (QED) is 0.650. The van der Waals surface area contributed by atoms with E-state index in [4.69, 9.17) is 11.6 Å². The first-order valence-corrected chi connectivity index (χ1v) is 8.65. The fraction of sp³-hybridized carbons (Fsp3) is 0.588. The molecular formula is C17H28ClN3O+2. The van der Waals surface area contributed by atoms with E-state index in [1.807, 2.05) is 18.2 Å². The maximum absolute atomic E-state index is 11.9. The molecule has 1 aromatic carbocycles. The second kappa shape index (κ2) is 8.51. The zero-order valence-corrected chi connectivity index (χ0v) is 14.4. The molecule has 1 aliphatic rings. The van der Waals surface area contributed by atoms with Crippen molar-refractivity contribution in [3.8, 4) is 0 Å². The van der Waals surface area contributed by atoms with Crippen LogP contribution in [0.4, 0.5) is 0 Å². The zero-order valence-electron chi connectivity index (χ0n) is 13.6. The summed E-state index contributed by atoms with van der Waals surface area (Å²) in [7, 11) is 0. The summed E-state index contributed by atoms with van der Waals surface area (Å²) in [4.78, 5) is 14.9. The van der Waals surface area contributed by atoms with Crippen molar-refractivity contribution in [1.82, 2.24) is 5.32 Å². The van der Waals surface area contributed by atoms with Crippen molar-refractivity contribution in [3.05, 3.63) is 34.9 Å². The Morgan fingerprint density at radius 2 is 1.95 bits per heavy atom. The van der Waals surface area contributed by atoms with Crippen LogP contribution in [0.25, 0.3) is 0 Å². The Morgan fingerprint density at radius 1 is 1.27 bits per heavy atom. The lowest BCUT2D eigenvalue weighted by atomic mass is 10.2. The maximum Gasteiger partial charge on any atom is 0.275 e. The van der Waals surface area contributed by atoms with Crippen LogP contribution in [-0.4, -0.2) is 44.7 Å². The number of amides is 1. The van der Waals surface area contributed by atoms with Crippen LogP contribution >= 0.6 is 11.6 Å². The van der Waals surface area contributed by atoms with Gasteiger partial charge < -0.3 is 15.1 Å². The van der Waals surface area contributed by atoms with E-state index >= 15 is 0 Å². The Bertz CT molecular complexity index is 487. The summed E-state index contributed by atoms with van der Waals surface area (Å²) >= 11 is 6.04. The number of quaternary nitrogens is 2. The first-order chi connectivity index (χ1) is 10.6. The lowest BCUT2D eigenvalue weighted by Crippen LogP contribution is -3.28. The van der Waals surface area contributed by atoms with Crippen LogP contribution in [0, 0.1) is 0 Å². The highest BCUT2D eigenvalue weighted by Crippen LogP contribution is 2.09. The van der Waals surface area contributed by atoms with Crippen molar-refractivity contribution in [2.24, 2.45) is 0 Å². The van der Waals surface area contributed by atoms with Gasteiger partial charge in [-0.1, -0.05) is 30.7 Å². The number of carbonyl (C=O) groups excluding carboxylic acids is 1. The van der Waals surface area contributed by atoms with Gasteiger partial charge in [0.05, 0.1) is 0 Å².